The predicted molar refractivity (Wildman–Crippen MR) is 72.4 cm³/mol. The standard InChI is InChI=1S/C13H18ClNO3/c1-13(2,3)18-12(16)15-10-6-5-9(8-14)11(7-10)17-4/h5-7H,8H2,1-4H3,(H,15,16). The van der Waals surface area contributed by atoms with Crippen LogP contribution in [0.1, 0.15) is 26.3 Å². The SMILES string of the molecule is COc1cc(NC(=O)OC(C)(C)C)ccc1CCl. The Hall–Kier alpha value is -1.42. The van der Waals surface area contributed by atoms with Crippen molar-refractivity contribution in [3.63, 3.8) is 0 Å². The molecule has 1 rings (SSSR count). The van der Waals surface area contributed by atoms with E-state index in [1.807, 2.05) is 20.8 Å². The maximum Gasteiger partial charge on any atom is 0.412 e. The van der Waals surface area contributed by atoms with Crippen molar-refractivity contribution in [2.45, 2.75) is 32.3 Å². The van der Waals surface area contributed by atoms with Crippen LogP contribution in [-0.4, -0.2) is 18.8 Å². The smallest absolute Gasteiger partial charge is 0.412 e. The second-order valence-corrected chi connectivity index (χ2v) is 5.05. The van der Waals surface area contributed by atoms with Crippen LogP contribution in [0.15, 0.2) is 18.2 Å². The average molecular weight is 272 g/mol. The minimum absolute atomic E-state index is 0.357. The first kappa shape index (κ1) is 14.6. The zero-order chi connectivity index (χ0) is 13.8. The van der Waals surface area contributed by atoms with Crippen LogP contribution >= 0.6 is 11.6 Å². The maximum absolute atomic E-state index is 11.6. The first-order chi connectivity index (χ1) is 8.35. The van der Waals surface area contributed by atoms with Crippen molar-refractivity contribution >= 4 is 23.4 Å². The van der Waals surface area contributed by atoms with Gasteiger partial charge in [-0.25, -0.2) is 4.79 Å². The van der Waals surface area contributed by atoms with Gasteiger partial charge in [0.2, 0.25) is 0 Å². The number of carbonyl (C=O) groups excluding carboxylic acids is 1. The minimum Gasteiger partial charge on any atom is -0.496 e. The number of amides is 1. The van der Waals surface area contributed by atoms with Crippen molar-refractivity contribution in [3.8, 4) is 5.75 Å². The van der Waals surface area contributed by atoms with E-state index in [-0.39, 0.29) is 0 Å². The van der Waals surface area contributed by atoms with E-state index in [0.717, 1.165) is 5.56 Å². The van der Waals surface area contributed by atoms with E-state index >= 15 is 0 Å². The molecule has 5 heteroatoms. The number of nitrogens with one attached hydrogen (secondary N) is 1. The fraction of sp³-hybridized carbons (Fsp3) is 0.462. The van der Waals surface area contributed by atoms with Gasteiger partial charge in [-0.15, -0.1) is 11.6 Å². The summed E-state index contributed by atoms with van der Waals surface area (Å²) in [5.41, 5.74) is 0.952. The highest BCUT2D eigenvalue weighted by atomic mass is 35.5. The third-order valence-electron chi connectivity index (χ3n) is 2.08. The van der Waals surface area contributed by atoms with Crippen molar-refractivity contribution < 1.29 is 14.3 Å². The fourth-order valence-corrected chi connectivity index (χ4v) is 1.57. The molecular weight excluding hydrogens is 254 g/mol. The molecule has 0 saturated heterocycles. The Kier molecular flexibility index (Phi) is 4.84. The normalized spacial score (nSPS) is 10.9. The molecule has 1 aromatic rings. The number of hydrogen-bond donors (Lipinski definition) is 1. The summed E-state index contributed by atoms with van der Waals surface area (Å²) in [5.74, 6) is 0.995. The number of benzene rings is 1. The Balaban J connectivity index is 2.76. The zero-order valence-electron chi connectivity index (χ0n) is 11.0. The topological polar surface area (TPSA) is 47.6 Å². The van der Waals surface area contributed by atoms with E-state index in [1.165, 1.54) is 0 Å². The summed E-state index contributed by atoms with van der Waals surface area (Å²) in [4.78, 5) is 11.6. The molecule has 0 aliphatic carbocycles. The van der Waals surface area contributed by atoms with Gasteiger partial charge in [0.15, 0.2) is 0 Å². The lowest BCUT2D eigenvalue weighted by atomic mass is 10.2. The number of carbonyl (C=O) groups is 1. The summed E-state index contributed by atoms with van der Waals surface area (Å²) in [6.45, 7) is 5.43. The summed E-state index contributed by atoms with van der Waals surface area (Å²) in [5, 5.41) is 2.64. The van der Waals surface area contributed by atoms with Crippen molar-refractivity contribution in [2.75, 3.05) is 12.4 Å². The van der Waals surface area contributed by atoms with Crippen LogP contribution < -0.4 is 10.1 Å². The Morgan fingerprint density at radius 3 is 2.56 bits per heavy atom. The molecule has 4 nitrogen and oxygen atoms in total. The molecular formula is C13H18ClNO3. The van der Waals surface area contributed by atoms with E-state index in [2.05, 4.69) is 5.32 Å². The minimum atomic E-state index is -0.524. The largest absolute Gasteiger partial charge is 0.496 e. The van der Waals surface area contributed by atoms with Crippen molar-refractivity contribution in [2.24, 2.45) is 0 Å². The van der Waals surface area contributed by atoms with Crippen molar-refractivity contribution in [1.82, 2.24) is 0 Å². The van der Waals surface area contributed by atoms with Gasteiger partial charge in [0.25, 0.3) is 0 Å². The Morgan fingerprint density at radius 2 is 2.06 bits per heavy atom. The van der Waals surface area contributed by atoms with Gasteiger partial charge in [0.05, 0.1) is 13.0 Å². The molecule has 0 unspecified atom stereocenters. The number of ether oxygens (including phenoxy) is 2. The molecule has 1 N–H and O–H groups in total. The van der Waals surface area contributed by atoms with Gasteiger partial charge < -0.3 is 9.47 Å². The monoisotopic (exact) mass is 271 g/mol. The summed E-state index contributed by atoms with van der Waals surface area (Å²) in [6, 6.07) is 5.27. The quantitative estimate of drug-likeness (QED) is 0.851. The van der Waals surface area contributed by atoms with Gasteiger partial charge in [-0.1, -0.05) is 6.07 Å². The third-order valence-corrected chi connectivity index (χ3v) is 2.36. The highest BCUT2D eigenvalue weighted by Crippen LogP contribution is 2.24. The van der Waals surface area contributed by atoms with E-state index in [4.69, 9.17) is 21.1 Å². The van der Waals surface area contributed by atoms with E-state index in [9.17, 15) is 4.79 Å². The van der Waals surface area contributed by atoms with Gasteiger partial charge in [-0.3, -0.25) is 5.32 Å². The lowest BCUT2D eigenvalue weighted by molar-refractivity contribution is 0.0636. The predicted octanol–water partition coefficient (Wildman–Crippen LogP) is 3.78. The molecule has 1 aromatic carbocycles. The van der Waals surface area contributed by atoms with Gasteiger partial charge in [-0.05, 0) is 26.8 Å². The first-order valence-corrected chi connectivity index (χ1v) is 6.12. The van der Waals surface area contributed by atoms with Crippen LogP contribution in [0.3, 0.4) is 0 Å². The number of halogens is 1. The molecule has 0 aliphatic rings. The van der Waals surface area contributed by atoms with Crippen LogP contribution in [0.4, 0.5) is 10.5 Å². The molecule has 0 spiro atoms. The second-order valence-electron chi connectivity index (χ2n) is 4.79. The molecule has 0 fully saturated rings. The fourth-order valence-electron chi connectivity index (χ4n) is 1.35. The molecule has 18 heavy (non-hydrogen) atoms. The molecule has 0 atom stereocenters. The second kappa shape index (κ2) is 5.96. The van der Waals surface area contributed by atoms with Crippen LogP contribution in [0.25, 0.3) is 0 Å². The summed E-state index contributed by atoms with van der Waals surface area (Å²) in [7, 11) is 1.56. The molecule has 1 amide bonds. The van der Waals surface area contributed by atoms with Gasteiger partial charge in [-0.2, -0.15) is 0 Å². The highest BCUT2D eigenvalue weighted by molar-refractivity contribution is 6.17. The number of rotatable bonds is 3. The van der Waals surface area contributed by atoms with Gasteiger partial charge in [0, 0.05) is 17.3 Å². The maximum atomic E-state index is 11.6. The Labute approximate surface area is 112 Å². The van der Waals surface area contributed by atoms with Gasteiger partial charge >= 0.3 is 6.09 Å². The molecule has 0 bridgehead atoms. The van der Waals surface area contributed by atoms with Gasteiger partial charge in [0.1, 0.15) is 11.4 Å². The zero-order valence-corrected chi connectivity index (χ0v) is 11.8. The van der Waals surface area contributed by atoms with Crippen LogP contribution in [0.5, 0.6) is 5.75 Å². The van der Waals surface area contributed by atoms with E-state index in [1.54, 1.807) is 25.3 Å². The first-order valence-electron chi connectivity index (χ1n) is 5.58. The number of methoxy groups -OCH3 is 1. The lowest BCUT2D eigenvalue weighted by Crippen LogP contribution is -2.27. The third kappa shape index (κ3) is 4.45. The van der Waals surface area contributed by atoms with E-state index < -0.39 is 11.7 Å². The average Bonchev–Trinajstić information content (AvgIpc) is 2.26. The van der Waals surface area contributed by atoms with Crippen LogP contribution in [0, 0.1) is 0 Å². The molecule has 0 radical (unpaired) electrons. The van der Waals surface area contributed by atoms with E-state index in [0.29, 0.717) is 17.3 Å². The van der Waals surface area contributed by atoms with Crippen LogP contribution in [-0.2, 0) is 10.6 Å². The molecule has 0 aromatic heterocycles. The van der Waals surface area contributed by atoms with Crippen molar-refractivity contribution in [3.05, 3.63) is 23.8 Å². The highest BCUT2D eigenvalue weighted by Gasteiger charge is 2.16. The Morgan fingerprint density at radius 1 is 1.39 bits per heavy atom. The number of anilines is 1. The molecule has 0 saturated carbocycles. The number of alkyl halides is 1. The Bertz CT molecular complexity index is 427. The number of hydrogen-bond acceptors (Lipinski definition) is 3. The van der Waals surface area contributed by atoms with Crippen molar-refractivity contribution in [1.29, 1.82) is 0 Å². The summed E-state index contributed by atoms with van der Waals surface area (Å²) >= 11 is 5.76. The molecule has 100 valence electrons. The molecule has 0 heterocycles. The summed E-state index contributed by atoms with van der Waals surface area (Å²) < 4.78 is 10.3. The molecule has 0 aliphatic heterocycles. The summed E-state index contributed by atoms with van der Waals surface area (Å²) in [6.07, 6.45) is -0.497. The van der Waals surface area contributed by atoms with Crippen LogP contribution in [0.2, 0.25) is 0 Å². The lowest BCUT2D eigenvalue weighted by Gasteiger charge is -2.20.